The van der Waals surface area contributed by atoms with Gasteiger partial charge in [0.05, 0.1) is 16.4 Å². The molecule has 0 aromatic heterocycles. The van der Waals surface area contributed by atoms with Gasteiger partial charge in [-0.05, 0) is 61.5 Å². The summed E-state index contributed by atoms with van der Waals surface area (Å²) in [4.78, 5) is 0.0964. The number of nitrogens with zero attached hydrogens (tertiary/aromatic N) is 1. The third-order valence-electron chi connectivity index (χ3n) is 4.34. The Morgan fingerprint density at radius 2 is 2.00 bits per heavy atom. The molecule has 3 rings (SSSR count). The molecule has 0 atom stereocenters. The molecule has 136 valence electrons. The molecule has 26 heavy (non-hydrogen) atoms. The van der Waals surface area contributed by atoms with Crippen LogP contribution < -0.4 is 10.7 Å². The Hall–Kier alpha value is -2.32. The van der Waals surface area contributed by atoms with Crippen molar-refractivity contribution in [3.05, 3.63) is 58.9 Å². The molecule has 1 heterocycles. The fourth-order valence-corrected chi connectivity index (χ4v) is 4.37. The highest BCUT2D eigenvalue weighted by molar-refractivity contribution is 7.91. The topological polar surface area (TPSA) is 70.6 Å². The number of hydrogen-bond donors (Lipinski definition) is 2. The van der Waals surface area contributed by atoms with Gasteiger partial charge in [-0.2, -0.15) is 5.10 Å². The van der Waals surface area contributed by atoms with Crippen molar-refractivity contribution in [1.29, 1.82) is 0 Å². The second-order valence-corrected chi connectivity index (χ2v) is 8.57. The number of rotatable bonds is 2. The molecule has 0 amide bonds. The Kier molecular flexibility index (Phi) is 5.06. The maximum atomic E-state index is 13.6. The summed E-state index contributed by atoms with van der Waals surface area (Å²) in [7, 11) is -3.41. The van der Waals surface area contributed by atoms with E-state index in [1.165, 1.54) is 12.1 Å². The number of sulfone groups is 1. The molecule has 0 bridgehead atoms. The predicted octanol–water partition coefficient (Wildman–Crippen LogP) is 3.31. The Bertz CT molecular complexity index is 1020. The second-order valence-electron chi connectivity index (χ2n) is 6.08. The summed E-state index contributed by atoms with van der Waals surface area (Å²) in [5.41, 5.74) is 6.52. The lowest BCUT2D eigenvalue weighted by atomic mass is 10.1. The quantitative estimate of drug-likeness (QED) is 0.467. The molecular weight excluding hydrogens is 373 g/mol. The van der Waals surface area contributed by atoms with E-state index in [0.29, 0.717) is 5.71 Å². The van der Waals surface area contributed by atoms with Gasteiger partial charge in [-0.1, -0.05) is 12.1 Å². The van der Waals surface area contributed by atoms with Crippen LogP contribution >= 0.6 is 12.2 Å². The molecule has 0 saturated heterocycles. The average molecular weight is 391 g/mol. The van der Waals surface area contributed by atoms with E-state index in [9.17, 15) is 12.8 Å². The summed E-state index contributed by atoms with van der Waals surface area (Å²) in [5, 5.41) is 7.55. The van der Waals surface area contributed by atoms with Gasteiger partial charge in [0.2, 0.25) is 0 Å². The van der Waals surface area contributed by atoms with Crippen LogP contribution in [0.25, 0.3) is 0 Å². The molecule has 2 N–H and O–H groups in total. The highest BCUT2D eigenvalue weighted by atomic mass is 32.2. The molecule has 5 nitrogen and oxygen atoms in total. The number of benzene rings is 2. The van der Waals surface area contributed by atoms with Crippen LogP contribution in [-0.2, 0) is 9.84 Å². The van der Waals surface area contributed by atoms with E-state index < -0.39 is 15.7 Å². The summed E-state index contributed by atoms with van der Waals surface area (Å²) in [6, 6.07) is 9.44. The number of thiocarbonyl (C=S) groups is 1. The lowest BCUT2D eigenvalue weighted by molar-refractivity contribution is 0.592. The van der Waals surface area contributed by atoms with Gasteiger partial charge in [-0.3, -0.25) is 5.43 Å². The van der Waals surface area contributed by atoms with Crippen LogP contribution in [0.15, 0.2) is 46.4 Å². The molecule has 8 heteroatoms. The van der Waals surface area contributed by atoms with Gasteiger partial charge in [0, 0.05) is 17.7 Å². The Labute approximate surface area is 157 Å². The molecule has 0 radical (unpaired) electrons. The Balaban J connectivity index is 1.82. The SMILES string of the molecule is Cc1cccc(NC(=S)N/N=C2/CCS(=O)(=O)c3ccc(F)cc32)c1C. The third kappa shape index (κ3) is 3.76. The maximum absolute atomic E-state index is 13.6. The molecule has 0 spiro atoms. The number of halogens is 1. The summed E-state index contributed by atoms with van der Waals surface area (Å²) in [6.45, 7) is 3.99. The van der Waals surface area contributed by atoms with Crippen molar-refractivity contribution in [3.63, 3.8) is 0 Å². The highest BCUT2D eigenvalue weighted by Crippen LogP contribution is 2.26. The van der Waals surface area contributed by atoms with E-state index in [0.717, 1.165) is 22.9 Å². The first-order valence-corrected chi connectivity index (χ1v) is 10.1. The lowest BCUT2D eigenvalue weighted by Gasteiger charge is -2.18. The molecule has 2 aromatic rings. The van der Waals surface area contributed by atoms with Gasteiger partial charge < -0.3 is 5.32 Å². The molecule has 0 fully saturated rings. The molecule has 1 aliphatic heterocycles. The van der Waals surface area contributed by atoms with E-state index in [1.54, 1.807) is 0 Å². The first kappa shape index (κ1) is 18.5. The Morgan fingerprint density at radius 3 is 2.77 bits per heavy atom. The van der Waals surface area contributed by atoms with Gasteiger partial charge in [0.25, 0.3) is 0 Å². The van der Waals surface area contributed by atoms with Crippen LogP contribution in [0.3, 0.4) is 0 Å². The van der Waals surface area contributed by atoms with Crippen molar-refractivity contribution in [3.8, 4) is 0 Å². The zero-order valence-electron chi connectivity index (χ0n) is 14.3. The van der Waals surface area contributed by atoms with E-state index in [-0.39, 0.29) is 27.7 Å². The molecule has 0 aliphatic carbocycles. The van der Waals surface area contributed by atoms with Crippen LogP contribution in [0.5, 0.6) is 0 Å². The van der Waals surface area contributed by atoms with E-state index in [4.69, 9.17) is 12.2 Å². The van der Waals surface area contributed by atoms with Gasteiger partial charge in [-0.25, -0.2) is 12.8 Å². The number of fused-ring (bicyclic) bond motifs is 1. The van der Waals surface area contributed by atoms with Crippen LogP contribution in [0.1, 0.15) is 23.1 Å². The van der Waals surface area contributed by atoms with Gasteiger partial charge >= 0.3 is 0 Å². The fourth-order valence-electron chi connectivity index (χ4n) is 2.75. The van der Waals surface area contributed by atoms with Crippen molar-refractivity contribution >= 4 is 38.6 Å². The predicted molar refractivity (Wildman–Crippen MR) is 105 cm³/mol. The molecule has 1 aliphatic rings. The lowest BCUT2D eigenvalue weighted by Crippen LogP contribution is -2.28. The first-order valence-electron chi connectivity index (χ1n) is 8.00. The normalized spacial score (nSPS) is 16.8. The van der Waals surface area contributed by atoms with Gasteiger partial charge in [0.15, 0.2) is 14.9 Å². The summed E-state index contributed by atoms with van der Waals surface area (Å²) >= 11 is 5.26. The number of anilines is 1. The molecular formula is C18H18FN3O2S2. The van der Waals surface area contributed by atoms with Crippen LogP contribution in [-0.4, -0.2) is 25.0 Å². The second kappa shape index (κ2) is 7.13. The standard InChI is InChI=1S/C18H18FN3O2S2/c1-11-4-3-5-15(12(11)2)20-18(25)22-21-16-8-9-26(23,24)17-7-6-13(19)10-14(16)17/h3-7,10H,8-9H2,1-2H3,(H2,20,22,25)/b21-16-. The van der Waals surface area contributed by atoms with Crippen molar-refractivity contribution in [1.82, 2.24) is 5.43 Å². The van der Waals surface area contributed by atoms with Gasteiger partial charge in [0.1, 0.15) is 5.82 Å². The van der Waals surface area contributed by atoms with Crippen molar-refractivity contribution in [2.24, 2.45) is 5.10 Å². The minimum Gasteiger partial charge on any atom is -0.331 e. The zero-order valence-corrected chi connectivity index (χ0v) is 16.0. The fraction of sp³-hybridized carbons (Fsp3) is 0.222. The number of hydrogen-bond acceptors (Lipinski definition) is 4. The monoisotopic (exact) mass is 391 g/mol. The van der Waals surface area contributed by atoms with Crippen LogP contribution in [0.4, 0.5) is 10.1 Å². The van der Waals surface area contributed by atoms with E-state index in [1.807, 2.05) is 32.0 Å². The molecule has 0 unspecified atom stereocenters. The summed E-state index contributed by atoms with van der Waals surface area (Å²) < 4.78 is 37.9. The Morgan fingerprint density at radius 1 is 1.23 bits per heavy atom. The van der Waals surface area contributed by atoms with Gasteiger partial charge in [-0.15, -0.1) is 0 Å². The number of aryl methyl sites for hydroxylation is 1. The van der Waals surface area contributed by atoms with Crippen LogP contribution in [0.2, 0.25) is 0 Å². The van der Waals surface area contributed by atoms with Crippen LogP contribution in [0, 0.1) is 19.7 Å². The van der Waals surface area contributed by atoms with Crippen molar-refractivity contribution < 1.29 is 12.8 Å². The minimum absolute atomic E-state index is 0.0661. The first-order chi connectivity index (χ1) is 12.3. The summed E-state index contributed by atoms with van der Waals surface area (Å²) in [6.07, 6.45) is 0.192. The third-order valence-corrected chi connectivity index (χ3v) is 6.30. The summed E-state index contributed by atoms with van der Waals surface area (Å²) in [5.74, 6) is -0.576. The van der Waals surface area contributed by atoms with E-state index in [2.05, 4.69) is 15.8 Å². The smallest absolute Gasteiger partial charge is 0.191 e. The highest BCUT2D eigenvalue weighted by Gasteiger charge is 2.28. The minimum atomic E-state index is -3.41. The van der Waals surface area contributed by atoms with Crippen molar-refractivity contribution in [2.75, 3.05) is 11.1 Å². The number of hydrazone groups is 1. The maximum Gasteiger partial charge on any atom is 0.191 e. The van der Waals surface area contributed by atoms with Crippen molar-refractivity contribution in [2.45, 2.75) is 25.2 Å². The zero-order chi connectivity index (χ0) is 18.9. The molecule has 0 saturated carbocycles. The number of nitrogens with one attached hydrogen (secondary N) is 2. The average Bonchev–Trinajstić information content (AvgIpc) is 2.58. The molecule has 2 aromatic carbocycles. The largest absolute Gasteiger partial charge is 0.331 e. The van der Waals surface area contributed by atoms with E-state index >= 15 is 0 Å².